The Morgan fingerprint density at radius 3 is 2.58 bits per heavy atom. The summed E-state index contributed by atoms with van der Waals surface area (Å²) in [6.07, 6.45) is 0.979. The largest absolute Gasteiger partial charge is 0.480 e. The predicted octanol–water partition coefficient (Wildman–Crippen LogP) is 2.32. The van der Waals surface area contributed by atoms with Gasteiger partial charge in [-0.3, -0.25) is 4.79 Å². The maximum absolute atomic E-state index is 11.1. The van der Waals surface area contributed by atoms with Crippen LogP contribution in [0.3, 0.4) is 0 Å². The highest BCUT2D eigenvalue weighted by Crippen LogP contribution is 2.26. The molecule has 1 heterocycles. The van der Waals surface area contributed by atoms with Crippen LogP contribution in [0.1, 0.15) is 13.3 Å². The van der Waals surface area contributed by atoms with Gasteiger partial charge in [-0.1, -0.05) is 11.6 Å². The average Bonchev–Trinajstić information content (AvgIpc) is 2.67. The van der Waals surface area contributed by atoms with Gasteiger partial charge in [0.15, 0.2) is 0 Å². The summed E-state index contributed by atoms with van der Waals surface area (Å²) in [6, 6.07) is 8.08. The first kappa shape index (κ1) is 14.2. The molecule has 0 aliphatic carbocycles. The SMILES string of the molecule is CC1CC(N(CC(=O)O)c2ccc(Cl)cc2)CN1C. The molecule has 0 aromatic heterocycles. The van der Waals surface area contributed by atoms with Crippen LogP contribution in [0.4, 0.5) is 5.69 Å². The molecule has 2 atom stereocenters. The van der Waals surface area contributed by atoms with E-state index in [9.17, 15) is 4.79 Å². The fourth-order valence-corrected chi connectivity index (χ4v) is 2.72. The molecule has 0 spiro atoms. The van der Waals surface area contributed by atoms with E-state index in [0.717, 1.165) is 18.7 Å². The number of nitrogens with zero attached hydrogens (tertiary/aromatic N) is 2. The number of anilines is 1. The number of benzene rings is 1. The number of aliphatic carboxylic acids is 1. The summed E-state index contributed by atoms with van der Waals surface area (Å²) in [6.45, 7) is 3.07. The molecule has 2 rings (SSSR count). The van der Waals surface area contributed by atoms with E-state index in [1.54, 1.807) is 12.1 Å². The Morgan fingerprint density at radius 1 is 1.47 bits per heavy atom. The molecule has 0 bridgehead atoms. The first-order valence-electron chi connectivity index (χ1n) is 6.41. The van der Waals surface area contributed by atoms with E-state index >= 15 is 0 Å². The lowest BCUT2D eigenvalue weighted by Crippen LogP contribution is -2.40. The smallest absolute Gasteiger partial charge is 0.323 e. The minimum Gasteiger partial charge on any atom is -0.480 e. The van der Waals surface area contributed by atoms with Crippen molar-refractivity contribution in [2.75, 3.05) is 25.0 Å². The molecule has 0 radical (unpaired) electrons. The summed E-state index contributed by atoms with van der Waals surface area (Å²) < 4.78 is 0. The van der Waals surface area contributed by atoms with Gasteiger partial charge in [-0.05, 0) is 44.7 Å². The zero-order chi connectivity index (χ0) is 14.0. The number of likely N-dealkylation sites (tertiary alicyclic amines) is 1. The Balaban J connectivity index is 2.21. The average molecular weight is 283 g/mol. The highest BCUT2D eigenvalue weighted by molar-refractivity contribution is 6.30. The molecule has 1 aliphatic heterocycles. The molecular weight excluding hydrogens is 264 g/mol. The summed E-state index contributed by atoms with van der Waals surface area (Å²) in [4.78, 5) is 15.3. The Morgan fingerprint density at radius 2 is 2.11 bits per heavy atom. The van der Waals surface area contributed by atoms with Gasteiger partial charge < -0.3 is 14.9 Å². The molecule has 1 fully saturated rings. The number of hydrogen-bond acceptors (Lipinski definition) is 3. The van der Waals surface area contributed by atoms with Crippen molar-refractivity contribution in [3.8, 4) is 0 Å². The van der Waals surface area contributed by atoms with Gasteiger partial charge in [-0.2, -0.15) is 0 Å². The van der Waals surface area contributed by atoms with Crippen molar-refractivity contribution in [3.05, 3.63) is 29.3 Å². The van der Waals surface area contributed by atoms with Gasteiger partial charge in [-0.15, -0.1) is 0 Å². The molecule has 0 saturated carbocycles. The van der Waals surface area contributed by atoms with Gasteiger partial charge in [-0.25, -0.2) is 0 Å². The molecule has 104 valence electrons. The quantitative estimate of drug-likeness (QED) is 0.920. The molecular formula is C14H19ClN2O2. The summed E-state index contributed by atoms with van der Waals surface area (Å²) in [7, 11) is 2.07. The van der Waals surface area contributed by atoms with Crippen LogP contribution in [0.25, 0.3) is 0 Å². The Labute approximate surface area is 118 Å². The highest BCUT2D eigenvalue weighted by Gasteiger charge is 2.31. The monoisotopic (exact) mass is 282 g/mol. The van der Waals surface area contributed by atoms with Crippen molar-refractivity contribution < 1.29 is 9.90 Å². The normalized spacial score (nSPS) is 23.5. The lowest BCUT2D eigenvalue weighted by atomic mass is 10.1. The number of halogens is 1. The third kappa shape index (κ3) is 3.39. The van der Waals surface area contributed by atoms with Crippen LogP contribution in [-0.4, -0.2) is 48.2 Å². The number of hydrogen-bond donors (Lipinski definition) is 1. The molecule has 1 aromatic rings. The Kier molecular flexibility index (Phi) is 4.32. The molecule has 1 N–H and O–H groups in total. The number of carbonyl (C=O) groups is 1. The van der Waals surface area contributed by atoms with E-state index in [4.69, 9.17) is 16.7 Å². The summed E-state index contributed by atoms with van der Waals surface area (Å²) in [5.41, 5.74) is 0.916. The van der Waals surface area contributed by atoms with Gasteiger partial charge in [0.1, 0.15) is 6.54 Å². The fraction of sp³-hybridized carbons (Fsp3) is 0.500. The van der Waals surface area contributed by atoms with Crippen LogP contribution in [0.15, 0.2) is 24.3 Å². The second kappa shape index (κ2) is 5.80. The van der Waals surface area contributed by atoms with Gasteiger partial charge in [0.05, 0.1) is 0 Å². The molecule has 1 aromatic carbocycles. The van der Waals surface area contributed by atoms with Gasteiger partial charge in [0.25, 0.3) is 0 Å². The summed E-state index contributed by atoms with van der Waals surface area (Å²) in [5.74, 6) is -0.808. The van der Waals surface area contributed by atoms with Crippen molar-refractivity contribution in [2.24, 2.45) is 0 Å². The number of likely N-dealkylation sites (N-methyl/N-ethyl adjacent to an activating group) is 1. The van der Waals surface area contributed by atoms with Crippen LogP contribution >= 0.6 is 11.6 Å². The minimum absolute atomic E-state index is 0.0207. The first-order valence-corrected chi connectivity index (χ1v) is 6.79. The van der Waals surface area contributed by atoms with Gasteiger partial charge in [0.2, 0.25) is 0 Å². The number of rotatable bonds is 4. The third-order valence-corrected chi connectivity index (χ3v) is 4.02. The molecule has 1 aliphatic rings. The van der Waals surface area contributed by atoms with Gasteiger partial charge in [0, 0.05) is 29.3 Å². The molecule has 4 nitrogen and oxygen atoms in total. The maximum atomic E-state index is 11.1. The number of carboxylic acid groups (broad SMARTS) is 1. The zero-order valence-corrected chi connectivity index (χ0v) is 12.0. The summed E-state index contributed by atoms with van der Waals surface area (Å²) in [5, 5.41) is 9.77. The molecule has 2 unspecified atom stereocenters. The van der Waals surface area contributed by atoms with Crippen molar-refractivity contribution in [2.45, 2.75) is 25.4 Å². The van der Waals surface area contributed by atoms with Gasteiger partial charge >= 0.3 is 5.97 Å². The zero-order valence-electron chi connectivity index (χ0n) is 11.2. The van der Waals surface area contributed by atoms with Crippen molar-refractivity contribution in [1.29, 1.82) is 0 Å². The highest BCUT2D eigenvalue weighted by atomic mass is 35.5. The molecule has 5 heteroatoms. The Hall–Kier alpha value is -1.26. The van der Waals surface area contributed by atoms with E-state index in [2.05, 4.69) is 18.9 Å². The van der Waals surface area contributed by atoms with Crippen LogP contribution in [0, 0.1) is 0 Å². The fourth-order valence-electron chi connectivity index (χ4n) is 2.60. The van der Waals surface area contributed by atoms with Crippen LogP contribution < -0.4 is 4.90 Å². The van der Waals surface area contributed by atoms with Crippen LogP contribution in [0.2, 0.25) is 5.02 Å². The topological polar surface area (TPSA) is 43.8 Å². The molecule has 0 amide bonds. The lowest BCUT2D eigenvalue weighted by Gasteiger charge is -2.29. The van der Waals surface area contributed by atoms with E-state index in [-0.39, 0.29) is 12.6 Å². The second-order valence-electron chi connectivity index (χ2n) is 5.18. The lowest BCUT2D eigenvalue weighted by molar-refractivity contribution is -0.135. The summed E-state index contributed by atoms with van der Waals surface area (Å²) >= 11 is 5.89. The van der Waals surface area contributed by atoms with Crippen LogP contribution in [0.5, 0.6) is 0 Å². The van der Waals surface area contributed by atoms with Crippen molar-refractivity contribution in [1.82, 2.24) is 4.90 Å². The van der Waals surface area contributed by atoms with E-state index in [1.807, 2.05) is 17.0 Å². The maximum Gasteiger partial charge on any atom is 0.323 e. The minimum atomic E-state index is -0.808. The standard InChI is InChI=1S/C14H19ClN2O2/c1-10-7-13(8-16(10)2)17(9-14(18)19)12-5-3-11(15)4-6-12/h3-6,10,13H,7-9H2,1-2H3,(H,18,19). The molecule has 1 saturated heterocycles. The third-order valence-electron chi connectivity index (χ3n) is 3.77. The molecule has 19 heavy (non-hydrogen) atoms. The van der Waals surface area contributed by atoms with E-state index < -0.39 is 5.97 Å². The number of carboxylic acids is 1. The Bertz CT molecular complexity index is 439. The first-order chi connectivity index (χ1) is 8.97. The second-order valence-corrected chi connectivity index (χ2v) is 5.61. The van der Waals surface area contributed by atoms with E-state index in [0.29, 0.717) is 11.1 Å². The van der Waals surface area contributed by atoms with Crippen molar-refractivity contribution >= 4 is 23.3 Å². The van der Waals surface area contributed by atoms with E-state index in [1.165, 1.54) is 0 Å². The van der Waals surface area contributed by atoms with Crippen LogP contribution in [-0.2, 0) is 4.79 Å². The van der Waals surface area contributed by atoms with Crippen molar-refractivity contribution in [3.63, 3.8) is 0 Å². The predicted molar refractivity (Wildman–Crippen MR) is 76.9 cm³/mol.